The van der Waals surface area contributed by atoms with Crippen molar-refractivity contribution in [3.8, 4) is 5.75 Å². The van der Waals surface area contributed by atoms with E-state index in [1.807, 2.05) is 24.3 Å². The highest BCUT2D eigenvalue weighted by Gasteiger charge is 2.28. The number of carbonyl (C=O) groups is 1. The third-order valence-corrected chi connectivity index (χ3v) is 9.25. The van der Waals surface area contributed by atoms with Crippen molar-refractivity contribution < 1.29 is 22.9 Å². The zero-order chi connectivity index (χ0) is 26.3. The van der Waals surface area contributed by atoms with Crippen LogP contribution in [0, 0.1) is 10.1 Å². The topological polar surface area (TPSA) is 124 Å². The average Bonchev–Trinajstić information content (AvgIpc) is 3.22. The molecule has 3 aromatic carbocycles. The summed E-state index contributed by atoms with van der Waals surface area (Å²) in [6, 6.07) is 16.2. The predicted octanol–water partition coefficient (Wildman–Crippen LogP) is 3.64. The average molecular weight is 539 g/mol. The summed E-state index contributed by atoms with van der Waals surface area (Å²) in [6.07, 6.45) is 0.644. The molecule has 0 bridgehead atoms. The summed E-state index contributed by atoms with van der Waals surface area (Å²) >= 11 is 1.12. The lowest BCUT2D eigenvalue weighted by atomic mass is 10.0. The van der Waals surface area contributed by atoms with Crippen LogP contribution in [0.5, 0.6) is 5.75 Å². The van der Waals surface area contributed by atoms with Gasteiger partial charge in [0.25, 0.3) is 11.6 Å². The number of rotatable bonds is 5. The van der Waals surface area contributed by atoms with E-state index in [1.54, 1.807) is 11.6 Å². The summed E-state index contributed by atoms with van der Waals surface area (Å²) in [4.78, 5) is 28.2. The second-order valence-corrected chi connectivity index (χ2v) is 11.4. The van der Waals surface area contributed by atoms with Crippen LogP contribution in [-0.4, -0.2) is 41.8 Å². The molecule has 1 aliphatic heterocycles. The highest BCUT2D eigenvalue weighted by Crippen LogP contribution is 2.32. The molecular weight excluding hydrogens is 516 g/mol. The molecule has 0 saturated heterocycles. The van der Waals surface area contributed by atoms with Crippen LogP contribution >= 0.6 is 11.3 Å². The normalized spacial score (nSPS) is 14.5. The summed E-state index contributed by atoms with van der Waals surface area (Å²) < 4.78 is 35.3. The smallest absolute Gasteiger partial charge is 0.279 e. The van der Waals surface area contributed by atoms with Crippen LogP contribution in [0.25, 0.3) is 10.2 Å². The maximum Gasteiger partial charge on any atom is 0.279 e. The van der Waals surface area contributed by atoms with E-state index >= 15 is 0 Å². The number of aromatic nitrogens is 1. The molecule has 2 heterocycles. The van der Waals surface area contributed by atoms with E-state index in [1.165, 1.54) is 47.8 Å². The Morgan fingerprint density at radius 3 is 2.49 bits per heavy atom. The first-order valence-electron chi connectivity index (χ1n) is 11.3. The Morgan fingerprint density at radius 1 is 1.11 bits per heavy atom. The maximum atomic E-state index is 13.2. The number of non-ortho nitro benzene ring substituents is 1. The third-order valence-electron chi connectivity index (χ3n) is 6.31. The largest absolute Gasteiger partial charge is 0.494 e. The molecule has 10 nitrogen and oxygen atoms in total. The molecule has 1 aliphatic rings. The molecule has 37 heavy (non-hydrogen) atoms. The second kappa shape index (κ2) is 9.54. The molecule has 0 saturated carbocycles. The molecule has 1 amide bonds. The van der Waals surface area contributed by atoms with Crippen LogP contribution in [0.15, 0.2) is 70.6 Å². The van der Waals surface area contributed by atoms with E-state index in [4.69, 9.17) is 4.74 Å². The van der Waals surface area contributed by atoms with Crippen LogP contribution in [0.4, 0.5) is 5.69 Å². The second-order valence-electron chi connectivity index (χ2n) is 8.49. The first-order valence-corrected chi connectivity index (χ1v) is 13.5. The molecule has 0 fully saturated rings. The van der Waals surface area contributed by atoms with Gasteiger partial charge in [-0.25, -0.2) is 8.42 Å². The Bertz CT molecular complexity index is 1720. The van der Waals surface area contributed by atoms with Gasteiger partial charge in [0.15, 0.2) is 10.6 Å². The highest BCUT2D eigenvalue weighted by atomic mass is 32.2. The minimum atomic E-state index is -3.73. The van der Waals surface area contributed by atoms with Crippen LogP contribution in [-0.2, 0) is 30.0 Å². The molecule has 5 rings (SSSR count). The lowest BCUT2D eigenvalue weighted by Crippen LogP contribution is -2.35. The van der Waals surface area contributed by atoms with E-state index in [-0.39, 0.29) is 16.1 Å². The quantitative estimate of drug-likeness (QED) is 0.282. The number of aryl methyl sites for hydroxylation is 1. The Balaban J connectivity index is 1.43. The van der Waals surface area contributed by atoms with Gasteiger partial charge in [0.1, 0.15) is 5.52 Å². The van der Waals surface area contributed by atoms with Gasteiger partial charge in [0, 0.05) is 31.8 Å². The molecule has 0 radical (unpaired) electrons. The standard InChI is InChI=1S/C25H22N4O6S2/c1-27-23-21(35-2)13-19(29(31)32)14-22(23)36-25(27)26-24(30)17-7-9-20(10-8-17)37(33,34)28-12-11-16-5-3-4-6-18(16)15-28/h3-10,13-14H,11-12,15H2,1-2H3. The molecular formula is C25H22N4O6S2. The number of nitro benzene ring substituents is 1. The number of nitrogens with zero attached hydrogens (tertiary/aromatic N) is 4. The van der Waals surface area contributed by atoms with E-state index in [0.717, 1.165) is 22.5 Å². The number of fused-ring (bicyclic) bond motifs is 2. The molecule has 0 aliphatic carbocycles. The molecule has 190 valence electrons. The molecule has 4 aromatic rings. The van der Waals surface area contributed by atoms with Gasteiger partial charge in [0.2, 0.25) is 10.0 Å². The number of hydrogen-bond donors (Lipinski definition) is 0. The van der Waals surface area contributed by atoms with Gasteiger partial charge in [-0.1, -0.05) is 35.6 Å². The summed E-state index contributed by atoms with van der Waals surface area (Å²) in [7, 11) is -0.629. The van der Waals surface area contributed by atoms with E-state index in [0.29, 0.717) is 40.3 Å². The first kappa shape index (κ1) is 24.8. The van der Waals surface area contributed by atoms with Crippen molar-refractivity contribution in [2.45, 2.75) is 17.9 Å². The number of nitro groups is 1. The number of methoxy groups -OCH3 is 1. The van der Waals surface area contributed by atoms with Gasteiger partial charge in [-0.15, -0.1) is 0 Å². The van der Waals surface area contributed by atoms with Gasteiger partial charge >= 0.3 is 0 Å². The van der Waals surface area contributed by atoms with Crippen molar-refractivity contribution in [3.05, 3.63) is 92.3 Å². The van der Waals surface area contributed by atoms with Crippen molar-refractivity contribution in [3.63, 3.8) is 0 Å². The maximum absolute atomic E-state index is 13.2. The fourth-order valence-corrected chi connectivity index (χ4v) is 6.83. The third kappa shape index (κ3) is 4.54. The van der Waals surface area contributed by atoms with Gasteiger partial charge in [-0.2, -0.15) is 9.30 Å². The van der Waals surface area contributed by atoms with Gasteiger partial charge in [-0.05, 0) is 41.8 Å². The van der Waals surface area contributed by atoms with Crippen molar-refractivity contribution in [2.75, 3.05) is 13.7 Å². The van der Waals surface area contributed by atoms with Crippen molar-refractivity contribution >= 4 is 43.2 Å². The van der Waals surface area contributed by atoms with E-state index in [2.05, 4.69) is 4.99 Å². The van der Waals surface area contributed by atoms with Gasteiger partial charge < -0.3 is 9.30 Å². The van der Waals surface area contributed by atoms with Crippen molar-refractivity contribution in [2.24, 2.45) is 12.0 Å². The summed E-state index contributed by atoms with van der Waals surface area (Å²) in [5.41, 5.74) is 2.81. The molecule has 0 atom stereocenters. The molecule has 1 aromatic heterocycles. The molecule has 0 spiro atoms. The fraction of sp³-hybridized carbons (Fsp3) is 0.200. The summed E-state index contributed by atoms with van der Waals surface area (Å²) in [5.74, 6) is -0.266. The van der Waals surface area contributed by atoms with Gasteiger partial charge in [-0.3, -0.25) is 14.9 Å². The van der Waals surface area contributed by atoms with Gasteiger partial charge in [0.05, 0.1) is 27.7 Å². The number of hydrogen-bond acceptors (Lipinski definition) is 7. The number of ether oxygens (including phenoxy) is 1. The lowest BCUT2D eigenvalue weighted by Gasteiger charge is -2.28. The Hall–Kier alpha value is -3.87. The van der Waals surface area contributed by atoms with Crippen molar-refractivity contribution in [1.82, 2.24) is 8.87 Å². The predicted molar refractivity (Wildman–Crippen MR) is 138 cm³/mol. The highest BCUT2D eigenvalue weighted by molar-refractivity contribution is 7.89. The zero-order valence-corrected chi connectivity index (χ0v) is 21.6. The van der Waals surface area contributed by atoms with Crippen LogP contribution in [0.2, 0.25) is 0 Å². The fourth-order valence-electron chi connectivity index (χ4n) is 4.34. The number of amides is 1. The number of sulfonamides is 1. The van der Waals surface area contributed by atoms with Crippen LogP contribution in [0.3, 0.4) is 0 Å². The Morgan fingerprint density at radius 2 is 1.81 bits per heavy atom. The Labute approximate surface area is 216 Å². The Kier molecular flexibility index (Phi) is 6.40. The zero-order valence-electron chi connectivity index (χ0n) is 19.9. The van der Waals surface area contributed by atoms with Crippen LogP contribution < -0.4 is 9.54 Å². The minimum absolute atomic E-state index is 0.105. The van der Waals surface area contributed by atoms with E-state index in [9.17, 15) is 23.3 Å². The molecule has 0 N–H and O–H groups in total. The van der Waals surface area contributed by atoms with Crippen molar-refractivity contribution in [1.29, 1.82) is 0 Å². The number of thiazole rings is 1. The SMILES string of the molecule is COc1cc([N+](=O)[O-])cc2sc(=NC(=O)c3ccc(S(=O)(=O)N4CCc5ccccc5C4)cc3)n(C)c12. The molecule has 0 unspecified atom stereocenters. The first-order chi connectivity index (χ1) is 17.7. The number of benzene rings is 3. The van der Waals surface area contributed by atoms with Crippen LogP contribution in [0.1, 0.15) is 21.5 Å². The molecule has 12 heteroatoms. The minimum Gasteiger partial charge on any atom is -0.494 e. The summed E-state index contributed by atoms with van der Waals surface area (Å²) in [6.45, 7) is 0.692. The monoisotopic (exact) mass is 538 g/mol. The lowest BCUT2D eigenvalue weighted by molar-refractivity contribution is -0.384. The summed E-state index contributed by atoms with van der Waals surface area (Å²) in [5, 5.41) is 11.2. The number of carbonyl (C=O) groups excluding carboxylic acids is 1. The van der Waals surface area contributed by atoms with E-state index < -0.39 is 20.9 Å².